The van der Waals surface area contributed by atoms with Crippen LogP contribution in [0.5, 0.6) is 0 Å². The van der Waals surface area contributed by atoms with Crippen LogP contribution in [0.1, 0.15) is 110 Å². The highest BCUT2D eigenvalue weighted by Crippen LogP contribution is 2.27. The van der Waals surface area contributed by atoms with E-state index in [0.29, 0.717) is 32.7 Å². The lowest BCUT2D eigenvalue weighted by atomic mass is 9.88. The molecule has 0 bridgehead atoms. The average molecular weight is 491 g/mol. The Kier molecular flexibility index (Phi) is 18.1. The van der Waals surface area contributed by atoms with Crippen LogP contribution in [0.4, 0.5) is 0 Å². The largest absolute Gasteiger partial charge is 0.466 e. The smallest absolute Gasteiger partial charge is 0.309 e. The van der Waals surface area contributed by atoms with Crippen molar-refractivity contribution < 1.29 is 23.8 Å². The number of unbranched alkanes of at least 4 members (excludes halogenated alkanes) is 6. The Labute approximate surface area is 214 Å². The summed E-state index contributed by atoms with van der Waals surface area (Å²) in [5.41, 5.74) is 1.09. The first-order chi connectivity index (χ1) is 17.0. The highest BCUT2D eigenvalue weighted by atomic mass is 16.5. The Balaban J connectivity index is 2.97. The molecule has 0 aliphatic heterocycles. The zero-order chi connectivity index (χ0) is 25.7. The predicted octanol–water partition coefficient (Wildman–Crippen LogP) is 7.65. The highest BCUT2D eigenvalue weighted by molar-refractivity contribution is 5.73. The summed E-state index contributed by atoms with van der Waals surface area (Å²) in [7, 11) is 0. The molecule has 1 unspecified atom stereocenters. The number of carbonyl (C=O) groups is 2. The molecule has 0 radical (unpaired) electrons. The molecule has 1 aromatic carbocycles. The molecule has 200 valence electrons. The van der Waals surface area contributed by atoms with Gasteiger partial charge in [-0.25, -0.2) is 0 Å². The monoisotopic (exact) mass is 490 g/mol. The number of rotatable bonds is 21. The van der Waals surface area contributed by atoms with Gasteiger partial charge in [-0.1, -0.05) is 95.5 Å². The maximum Gasteiger partial charge on any atom is 0.309 e. The molecule has 0 aliphatic carbocycles. The Morgan fingerprint density at radius 1 is 0.686 bits per heavy atom. The summed E-state index contributed by atoms with van der Waals surface area (Å²) in [4.78, 5) is 25.6. The molecule has 3 atom stereocenters. The second-order valence-electron chi connectivity index (χ2n) is 9.49. The lowest BCUT2D eigenvalue weighted by Crippen LogP contribution is -2.29. The minimum absolute atomic E-state index is 0.145. The molecule has 35 heavy (non-hydrogen) atoms. The van der Waals surface area contributed by atoms with Crippen molar-refractivity contribution in [2.24, 2.45) is 11.8 Å². The Morgan fingerprint density at radius 2 is 1.17 bits per heavy atom. The fourth-order valence-electron chi connectivity index (χ4n) is 4.47. The van der Waals surface area contributed by atoms with E-state index in [-0.39, 0.29) is 29.9 Å². The minimum Gasteiger partial charge on any atom is -0.466 e. The third-order valence-electron chi connectivity index (χ3n) is 6.48. The van der Waals surface area contributed by atoms with E-state index in [1.165, 1.54) is 12.8 Å². The third-order valence-corrected chi connectivity index (χ3v) is 6.48. The quantitative estimate of drug-likeness (QED) is 0.131. The molecule has 1 aromatic rings. The summed E-state index contributed by atoms with van der Waals surface area (Å²) in [6.45, 7) is 9.29. The van der Waals surface area contributed by atoms with Gasteiger partial charge < -0.3 is 14.2 Å². The van der Waals surface area contributed by atoms with Gasteiger partial charge in [-0.2, -0.15) is 0 Å². The first-order valence-corrected chi connectivity index (χ1v) is 14.0. The van der Waals surface area contributed by atoms with Crippen LogP contribution in [0.25, 0.3) is 0 Å². The van der Waals surface area contributed by atoms with E-state index in [1.54, 1.807) is 0 Å². The molecule has 0 spiro atoms. The summed E-state index contributed by atoms with van der Waals surface area (Å²) in [6.07, 6.45) is 11.4. The van der Waals surface area contributed by atoms with Crippen LogP contribution in [0.15, 0.2) is 30.3 Å². The molecule has 0 amide bonds. The van der Waals surface area contributed by atoms with Gasteiger partial charge in [-0.3, -0.25) is 9.59 Å². The zero-order valence-corrected chi connectivity index (χ0v) is 22.8. The summed E-state index contributed by atoms with van der Waals surface area (Å²) in [6, 6.07) is 10.1. The number of benzene rings is 1. The van der Waals surface area contributed by atoms with Crippen molar-refractivity contribution in [1.82, 2.24) is 0 Å². The minimum atomic E-state index is -0.212. The molecular formula is C30H50O5. The molecule has 1 rings (SSSR count). The summed E-state index contributed by atoms with van der Waals surface area (Å²) in [5.74, 6) is -0.716. The van der Waals surface area contributed by atoms with Crippen molar-refractivity contribution in [2.75, 3.05) is 13.2 Å². The molecule has 0 aromatic heterocycles. The number of ether oxygens (including phenoxy) is 3. The lowest BCUT2D eigenvalue weighted by molar-refractivity contribution is -0.151. The molecule has 0 saturated heterocycles. The van der Waals surface area contributed by atoms with Gasteiger partial charge in [0.1, 0.15) is 0 Å². The van der Waals surface area contributed by atoms with E-state index >= 15 is 0 Å². The summed E-state index contributed by atoms with van der Waals surface area (Å²) >= 11 is 0. The van der Waals surface area contributed by atoms with Gasteiger partial charge in [-0.15, -0.1) is 0 Å². The topological polar surface area (TPSA) is 61.8 Å². The second kappa shape index (κ2) is 20.3. The molecule has 0 aliphatic rings. The van der Waals surface area contributed by atoms with Crippen molar-refractivity contribution >= 4 is 11.9 Å². The number of hydrogen-bond acceptors (Lipinski definition) is 5. The van der Waals surface area contributed by atoms with Crippen molar-refractivity contribution in [3.05, 3.63) is 35.9 Å². The fourth-order valence-corrected chi connectivity index (χ4v) is 4.47. The molecular weight excluding hydrogens is 440 g/mol. The van der Waals surface area contributed by atoms with Gasteiger partial charge in [0.05, 0.1) is 37.8 Å². The average Bonchev–Trinajstić information content (AvgIpc) is 2.86. The normalized spacial score (nSPS) is 13.7. The van der Waals surface area contributed by atoms with Crippen LogP contribution < -0.4 is 0 Å². The van der Waals surface area contributed by atoms with Crippen LogP contribution >= 0.6 is 0 Å². The Hall–Kier alpha value is -1.88. The van der Waals surface area contributed by atoms with Crippen molar-refractivity contribution in [3.8, 4) is 0 Å². The van der Waals surface area contributed by atoms with E-state index in [1.807, 2.05) is 44.2 Å². The maximum atomic E-state index is 12.8. The Morgan fingerprint density at radius 3 is 1.60 bits per heavy atom. The van der Waals surface area contributed by atoms with E-state index in [9.17, 15) is 9.59 Å². The molecule has 5 nitrogen and oxygen atoms in total. The standard InChI is InChI=1S/C30H50O5/c1-5-9-11-16-20-26(29(31)33-7-3)22-28(35-24-25-18-14-13-15-19-25)23-27(30(32)34-8-4)21-17-12-10-6-2/h13-15,18-19,26-28H,5-12,16-17,20-24H2,1-4H3/t26-,27+,28?. The first kappa shape index (κ1) is 31.2. The molecule has 5 heteroatoms. The number of carbonyl (C=O) groups excluding carboxylic acids is 2. The number of hydrogen-bond donors (Lipinski definition) is 0. The van der Waals surface area contributed by atoms with E-state index in [2.05, 4.69) is 13.8 Å². The first-order valence-electron chi connectivity index (χ1n) is 14.0. The van der Waals surface area contributed by atoms with Gasteiger partial charge in [0.2, 0.25) is 0 Å². The maximum absolute atomic E-state index is 12.8. The van der Waals surface area contributed by atoms with Crippen molar-refractivity contribution in [1.29, 1.82) is 0 Å². The van der Waals surface area contributed by atoms with Gasteiger partial charge in [-0.05, 0) is 45.1 Å². The van der Waals surface area contributed by atoms with Crippen LogP contribution in [-0.4, -0.2) is 31.3 Å². The van der Waals surface area contributed by atoms with Crippen molar-refractivity contribution in [2.45, 2.75) is 117 Å². The van der Waals surface area contributed by atoms with E-state index < -0.39 is 0 Å². The van der Waals surface area contributed by atoms with Crippen molar-refractivity contribution in [3.63, 3.8) is 0 Å². The van der Waals surface area contributed by atoms with Gasteiger partial charge in [0.15, 0.2) is 0 Å². The number of esters is 2. The molecule has 0 saturated carbocycles. The van der Waals surface area contributed by atoms with Gasteiger partial charge in [0, 0.05) is 0 Å². The van der Waals surface area contributed by atoms with Crippen LogP contribution in [-0.2, 0) is 30.4 Å². The van der Waals surface area contributed by atoms with E-state index in [0.717, 1.165) is 56.9 Å². The van der Waals surface area contributed by atoms with Gasteiger partial charge in [0.25, 0.3) is 0 Å². The molecule has 0 heterocycles. The molecule has 0 fully saturated rings. The van der Waals surface area contributed by atoms with Crippen LogP contribution in [0.3, 0.4) is 0 Å². The fraction of sp³-hybridized carbons (Fsp3) is 0.733. The summed E-state index contributed by atoms with van der Waals surface area (Å²) in [5, 5.41) is 0. The second-order valence-corrected chi connectivity index (χ2v) is 9.49. The molecule has 0 N–H and O–H groups in total. The van der Waals surface area contributed by atoms with E-state index in [4.69, 9.17) is 14.2 Å². The lowest BCUT2D eigenvalue weighted by Gasteiger charge is -2.26. The highest BCUT2D eigenvalue weighted by Gasteiger charge is 2.29. The predicted molar refractivity (Wildman–Crippen MR) is 142 cm³/mol. The summed E-state index contributed by atoms with van der Waals surface area (Å²) < 4.78 is 17.2. The zero-order valence-electron chi connectivity index (χ0n) is 22.8. The van der Waals surface area contributed by atoms with Crippen LogP contribution in [0, 0.1) is 11.8 Å². The Bertz CT molecular complexity index is 624. The van der Waals surface area contributed by atoms with Gasteiger partial charge >= 0.3 is 11.9 Å². The SMILES string of the molecule is CCCCCC[C@H](CC(C[C@H](CCCCCC)C(=O)OCC)OCc1ccccc1)C(=O)OCC. The third kappa shape index (κ3) is 14.3. The van der Waals surface area contributed by atoms with Crippen LogP contribution in [0.2, 0.25) is 0 Å².